The van der Waals surface area contributed by atoms with E-state index in [2.05, 4.69) is 6.92 Å². The summed E-state index contributed by atoms with van der Waals surface area (Å²) in [5.41, 5.74) is -0.649. The zero-order valence-corrected chi connectivity index (χ0v) is 15.2. The third kappa shape index (κ3) is 5.64. The van der Waals surface area contributed by atoms with Gasteiger partial charge in [0, 0.05) is 19.8 Å². The lowest BCUT2D eigenvalue weighted by atomic mass is 9.99. The van der Waals surface area contributed by atoms with Gasteiger partial charge in [-0.2, -0.15) is 0 Å². The first-order valence-electron chi connectivity index (χ1n) is 9.07. The molecule has 23 heavy (non-hydrogen) atoms. The van der Waals surface area contributed by atoms with E-state index in [0.29, 0.717) is 19.2 Å². The van der Waals surface area contributed by atoms with Crippen LogP contribution in [0.25, 0.3) is 0 Å². The van der Waals surface area contributed by atoms with Gasteiger partial charge in [0.1, 0.15) is 5.60 Å². The van der Waals surface area contributed by atoms with Crippen molar-refractivity contribution < 1.29 is 19.0 Å². The van der Waals surface area contributed by atoms with E-state index in [4.69, 9.17) is 14.2 Å². The third-order valence-electron chi connectivity index (χ3n) is 4.72. The standard InChI is InChI=1S/C18H33NO4/c1-5-18(22-13-7-9-15-8-6-12-21-15)10-11-19(14-18)16(20)23-17(2,3)4/h15H,5-14H2,1-4H3. The Balaban J connectivity index is 1.74. The highest BCUT2D eigenvalue weighted by atomic mass is 16.6. The Bertz CT molecular complexity index is 387. The molecule has 2 aliphatic heterocycles. The lowest BCUT2D eigenvalue weighted by molar-refractivity contribution is -0.0465. The van der Waals surface area contributed by atoms with Crippen molar-refractivity contribution in [1.29, 1.82) is 0 Å². The van der Waals surface area contributed by atoms with Crippen LogP contribution in [0.15, 0.2) is 0 Å². The first-order valence-corrected chi connectivity index (χ1v) is 9.07. The van der Waals surface area contributed by atoms with Gasteiger partial charge in [-0.3, -0.25) is 0 Å². The molecule has 1 amide bonds. The number of nitrogens with zero attached hydrogens (tertiary/aromatic N) is 1. The SMILES string of the molecule is CCC1(OCCCC2CCCO2)CCN(C(=O)OC(C)(C)C)C1. The molecule has 0 spiro atoms. The molecule has 0 bridgehead atoms. The van der Waals surface area contributed by atoms with Gasteiger partial charge in [-0.1, -0.05) is 6.92 Å². The van der Waals surface area contributed by atoms with Crippen molar-refractivity contribution in [3.05, 3.63) is 0 Å². The van der Waals surface area contributed by atoms with Crippen LogP contribution in [0.1, 0.15) is 66.2 Å². The average molecular weight is 327 g/mol. The molecule has 0 N–H and O–H groups in total. The van der Waals surface area contributed by atoms with E-state index < -0.39 is 5.60 Å². The molecule has 134 valence electrons. The fourth-order valence-electron chi connectivity index (χ4n) is 3.31. The van der Waals surface area contributed by atoms with E-state index in [9.17, 15) is 4.79 Å². The van der Waals surface area contributed by atoms with Crippen LogP contribution in [-0.2, 0) is 14.2 Å². The minimum Gasteiger partial charge on any atom is -0.444 e. The number of ether oxygens (including phenoxy) is 3. The van der Waals surface area contributed by atoms with Gasteiger partial charge in [0.05, 0.1) is 18.2 Å². The molecule has 0 radical (unpaired) electrons. The molecule has 2 atom stereocenters. The monoisotopic (exact) mass is 327 g/mol. The van der Waals surface area contributed by atoms with Crippen molar-refractivity contribution in [2.45, 2.75) is 83.5 Å². The topological polar surface area (TPSA) is 48.0 Å². The molecule has 5 nitrogen and oxygen atoms in total. The van der Waals surface area contributed by atoms with E-state index in [1.165, 1.54) is 12.8 Å². The number of carbonyl (C=O) groups is 1. The number of amides is 1. The lowest BCUT2D eigenvalue weighted by Gasteiger charge is -2.29. The molecule has 0 aromatic rings. The van der Waals surface area contributed by atoms with Crippen molar-refractivity contribution >= 4 is 6.09 Å². The van der Waals surface area contributed by atoms with Crippen LogP contribution in [0.4, 0.5) is 4.79 Å². The zero-order valence-electron chi connectivity index (χ0n) is 15.2. The van der Waals surface area contributed by atoms with Gasteiger partial charge in [-0.25, -0.2) is 4.79 Å². The maximum Gasteiger partial charge on any atom is 0.410 e. The molecular weight excluding hydrogens is 294 g/mol. The molecule has 2 unspecified atom stereocenters. The average Bonchev–Trinajstić information content (AvgIpc) is 3.12. The number of likely N-dealkylation sites (tertiary alicyclic amines) is 1. The van der Waals surface area contributed by atoms with Gasteiger partial charge in [0.15, 0.2) is 0 Å². The van der Waals surface area contributed by atoms with Gasteiger partial charge in [0.25, 0.3) is 0 Å². The van der Waals surface area contributed by atoms with E-state index in [1.807, 2.05) is 20.8 Å². The summed E-state index contributed by atoms with van der Waals surface area (Å²) in [6.07, 6.45) is 6.50. The molecule has 0 aromatic carbocycles. The Kier molecular flexibility index (Phi) is 6.32. The Morgan fingerprint density at radius 3 is 2.78 bits per heavy atom. The highest BCUT2D eigenvalue weighted by Gasteiger charge is 2.40. The Morgan fingerprint density at radius 1 is 1.39 bits per heavy atom. The second-order valence-electron chi connectivity index (χ2n) is 7.81. The minimum absolute atomic E-state index is 0.201. The first-order chi connectivity index (χ1) is 10.8. The Morgan fingerprint density at radius 2 is 2.17 bits per heavy atom. The smallest absolute Gasteiger partial charge is 0.410 e. The summed E-state index contributed by atoms with van der Waals surface area (Å²) in [4.78, 5) is 14.0. The Labute approximate surface area is 140 Å². The van der Waals surface area contributed by atoms with E-state index >= 15 is 0 Å². The van der Waals surface area contributed by atoms with Gasteiger partial charge < -0.3 is 19.1 Å². The summed E-state index contributed by atoms with van der Waals surface area (Å²) in [6.45, 7) is 10.8. The van der Waals surface area contributed by atoms with Crippen molar-refractivity contribution in [2.24, 2.45) is 0 Å². The van der Waals surface area contributed by atoms with E-state index in [0.717, 1.165) is 38.9 Å². The molecule has 0 aromatic heterocycles. The summed E-state index contributed by atoms with van der Waals surface area (Å²) < 4.78 is 17.3. The zero-order chi connectivity index (χ0) is 16.9. The molecule has 2 rings (SSSR count). The van der Waals surface area contributed by atoms with Crippen LogP contribution < -0.4 is 0 Å². The summed E-state index contributed by atoms with van der Waals surface area (Å²) >= 11 is 0. The minimum atomic E-state index is -0.448. The number of rotatable bonds is 6. The summed E-state index contributed by atoms with van der Waals surface area (Å²) in [7, 11) is 0. The second-order valence-corrected chi connectivity index (χ2v) is 7.81. The van der Waals surface area contributed by atoms with Crippen molar-refractivity contribution in [2.75, 3.05) is 26.3 Å². The highest BCUT2D eigenvalue weighted by Crippen LogP contribution is 2.30. The van der Waals surface area contributed by atoms with Crippen molar-refractivity contribution in [3.8, 4) is 0 Å². The van der Waals surface area contributed by atoms with Gasteiger partial charge >= 0.3 is 6.09 Å². The molecule has 2 aliphatic rings. The van der Waals surface area contributed by atoms with Crippen LogP contribution >= 0.6 is 0 Å². The second kappa shape index (κ2) is 7.84. The largest absolute Gasteiger partial charge is 0.444 e. The lowest BCUT2D eigenvalue weighted by Crippen LogP contribution is -2.40. The van der Waals surface area contributed by atoms with E-state index in [1.54, 1.807) is 4.90 Å². The quantitative estimate of drug-likeness (QED) is 0.697. The van der Waals surface area contributed by atoms with Crippen molar-refractivity contribution in [3.63, 3.8) is 0 Å². The van der Waals surface area contributed by atoms with Gasteiger partial charge in [-0.05, 0) is 59.3 Å². The molecule has 2 saturated heterocycles. The number of carbonyl (C=O) groups excluding carboxylic acids is 1. The number of hydrogen-bond donors (Lipinski definition) is 0. The van der Waals surface area contributed by atoms with Crippen LogP contribution in [0.3, 0.4) is 0 Å². The normalized spacial score (nSPS) is 28.3. The summed E-state index contributed by atoms with van der Waals surface area (Å²) in [5, 5.41) is 0. The number of hydrogen-bond acceptors (Lipinski definition) is 4. The predicted octanol–water partition coefficient (Wildman–Crippen LogP) is 3.75. The van der Waals surface area contributed by atoms with Crippen LogP contribution in [0.5, 0.6) is 0 Å². The molecule has 0 aliphatic carbocycles. The summed E-state index contributed by atoms with van der Waals surface area (Å²) in [5.74, 6) is 0. The Hall–Kier alpha value is -0.810. The van der Waals surface area contributed by atoms with Gasteiger partial charge in [-0.15, -0.1) is 0 Å². The van der Waals surface area contributed by atoms with Crippen LogP contribution in [-0.4, -0.2) is 54.6 Å². The summed E-state index contributed by atoms with van der Waals surface area (Å²) in [6, 6.07) is 0. The fraction of sp³-hybridized carbons (Fsp3) is 0.944. The molecule has 2 fully saturated rings. The van der Waals surface area contributed by atoms with Crippen LogP contribution in [0, 0.1) is 0 Å². The van der Waals surface area contributed by atoms with Crippen LogP contribution in [0.2, 0.25) is 0 Å². The molecule has 2 heterocycles. The molecule has 0 saturated carbocycles. The maximum atomic E-state index is 12.2. The molecule has 5 heteroatoms. The first kappa shape index (κ1) is 18.5. The third-order valence-corrected chi connectivity index (χ3v) is 4.72. The maximum absolute atomic E-state index is 12.2. The highest BCUT2D eigenvalue weighted by molar-refractivity contribution is 5.68. The molecular formula is C18H33NO4. The van der Waals surface area contributed by atoms with Crippen molar-refractivity contribution in [1.82, 2.24) is 4.90 Å². The predicted molar refractivity (Wildman–Crippen MR) is 89.6 cm³/mol. The van der Waals surface area contributed by atoms with E-state index in [-0.39, 0.29) is 11.7 Å². The van der Waals surface area contributed by atoms with Gasteiger partial charge in [0.2, 0.25) is 0 Å². The fourth-order valence-corrected chi connectivity index (χ4v) is 3.31.